The second kappa shape index (κ2) is 12.2. The molecule has 1 fully saturated rings. The maximum absolute atomic E-state index is 14.1. The maximum Gasteiger partial charge on any atom is 0.418 e. The molecule has 1 heterocycles. The van der Waals surface area contributed by atoms with Gasteiger partial charge in [-0.05, 0) is 41.5 Å². The van der Waals surface area contributed by atoms with E-state index in [1.54, 1.807) is 12.1 Å². The molecule has 0 N–H and O–H groups in total. The Labute approximate surface area is 225 Å². The first kappa shape index (κ1) is 28.6. The van der Waals surface area contributed by atoms with Crippen molar-refractivity contribution in [3.63, 3.8) is 0 Å². The summed E-state index contributed by atoms with van der Waals surface area (Å²) in [5.74, 6) is -0.250. The minimum Gasteiger partial charge on any atom is -0.489 e. The first-order valence-corrected chi connectivity index (χ1v) is 12.6. The molecule has 1 aliphatic rings. The average Bonchev–Trinajstić information content (AvgIpc) is 2.91. The minimum absolute atomic E-state index is 0.213. The molecule has 1 aliphatic heterocycles. The highest BCUT2D eigenvalue weighted by Gasteiger charge is 2.46. The number of carbonyl (C=O) groups is 1. The topological polar surface area (TPSA) is 38.8 Å². The summed E-state index contributed by atoms with van der Waals surface area (Å²) in [5.41, 5.74) is -3.53. The number of ether oxygens (including phenoxy) is 2. The predicted octanol–water partition coefficient (Wildman–Crippen LogP) is 7.33. The zero-order chi connectivity index (χ0) is 28.0. The van der Waals surface area contributed by atoms with Gasteiger partial charge in [0.05, 0.1) is 24.3 Å². The largest absolute Gasteiger partial charge is 0.489 e. The third-order valence-electron chi connectivity index (χ3n) is 5.78. The van der Waals surface area contributed by atoms with Gasteiger partial charge >= 0.3 is 12.4 Å². The molecule has 3 aromatic carbocycles. The van der Waals surface area contributed by atoms with Crippen molar-refractivity contribution in [3.05, 3.63) is 95.1 Å². The minimum atomic E-state index is -5.33. The molecule has 0 unspecified atom stereocenters. The van der Waals surface area contributed by atoms with Gasteiger partial charge in [-0.1, -0.05) is 54.2 Å². The number of amides is 1. The van der Waals surface area contributed by atoms with Gasteiger partial charge in [-0.25, -0.2) is 0 Å². The summed E-state index contributed by atoms with van der Waals surface area (Å²) in [7, 11) is 0. The smallest absolute Gasteiger partial charge is 0.418 e. The molecule has 1 amide bonds. The molecular formula is C28H23F6NO3S. The van der Waals surface area contributed by atoms with Gasteiger partial charge in [0.1, 0.15) is 12.4 Å². The molecule has 11 heteroatoms. The second-order valence-corrected chi connectivity index (χ2v) is 9.64. The van der Waals surface area contributed by atoms with Crippen molar-refractivity contribution in [2.45, 2.75) is 28.8 Å². The summed E-state index contributed by atoms with van der Waals surface area (Å²) in [6, 6.07) is 17.2. The van der Waals surface area contributed by atoms with Crippen molar-refractivity contribution >= 4 is 23.7 Å². The summed E-state index contributed by atoms with van der Waals surface area (Å²) in [4.78, 5) is 13.4. The summed E-state index contributed by atoms with van der Waals surface area (Å²) in [5, 5.41) is 0. The van der Waals surface area contributed by atoms with Crippen LogP contribution in [0.3, 0.4) is 0 Å². The number of hydrogen-bond donors (Lipinski definition) is 0. The maximum atomic E-state index is 14.1. The van der Waals surface area contributed by atoms with E-state index in [-0.39, 0.29) is 37.8 Å². The lowest BCUT2D eigenvalue weighted by molar-refractivity contribution is -0.163. The van der Waals surface area contributed by atoms with Gasteiger partial charge in [0.2, 0.25) is 5.91 Å². The molecule has 0 aliphatic carbocycles. The molecule has 0 bridgehead atoms. The van der Waals surface area contributed by atoms with Crippen molar-refractivity contribution < 1.29 is 40.6 Å². The van der Waals surface area contributed by atoms with Crippen molar-refractivity contribution in [3.8, 4) is 5.75 Å². The van der Waals surface area contributed by atoms with Crippen molar-refractivity contribution in [1.82, 2.24) is 4.90 Å². The second-order valence-electron chi connectivity index (χ2n) is 8.52. The van der Waals surface area contributed by atoms with Crippen LogP contribution < -0.4 is 4.74 Å². The number of benzene rings is 3. The van der Waals surface area contributed by atoms with E-state index in [1.165, 1.54) is 17.0 Å². The van der Waals surface area contributed by atoms with Crippen molar-refractivity contribution in [2.24, 2.45) is 0 Å². The Kier molecular flexibility index (Phi) is 8.91. The fourth-order valence-electron chi connectivity index (χ4n) is 3.96. The molecule has 0 saturated carbocycles. The number of alkyl halides is 6. The van der Waals surface area contributed by atoms with E-state index in [4.69, 9.17) is 9.47 Å². The van der Waals surface area contributed by atoms with Crippen LogP contribution >= 0.6 is 11.8 Å². The predicted molar refractivity (Wildman–Crippen MR) is 134 cm³/mol. The van der Waals surface area contributed by atoms with Gasteiger partial charge in [-0.15, -0.1) is 0 Å². The molecule has 3 aromatic rings. The van der Waals surface area contributed by atoms with E-state index in [9.17, 15) is 31.1 Å². The van der Waals surface area contributed by atoms with E-state index < -0.39 is 39.8 Å². The molecule has 0 aromatic heterocycles. The summed E-state index contributed by atoms with van der Waals surface area (Å²) in [6.07, 6.45) is -9.00. The molecule has 0 radical (unpaired) electrons. The molecule has 1 saturated heterocycles. The Balaban J connectivity index is 1.65. The Morgan fingerprint density at radius 3 is 2.26 bits per heavy atom. The third-order valence-corrected chi connectivity index (χ3v) is 6.83. The Bertz CT molecular complexity index is 1320. The molecule has 0 spiro atoms. The number of carbonyl (C=O) groups excluding carboxylic acids is 1. The number of nitrogens with zero attached hydrogens (tertiary/aromatic N) is 1. The summed E-state index contributed by atoms with van der Waals surface area (Å²) < 4.78 is 95.5. The first-order chi connectivity index (χ1) is 18.5. The van der Waals surface area contributed by atoms with E-state index in [1.807, 2.05) is 30.3 Å². The van der Waals surface area contributed by atoms with Crippen LogP contribution in [-0.2, 0) is 28.5 Å². The Hall–Kier alpha value is -3.44. The van der Waals surface area contributed by atoms with Gasteiger partial charge in [0.15, 0.2) is 0 Å². The van der Waals surface area contributed by atoms with Gasteiger partial charge in [-0.3, -0.25) is 4.79 Å². The lowest BCUT2D eigenvalue weighted by Crippen LogP contribution is -2.39. The summed E-state index contributed by atoms with van der Waals surface area (Å²) >= 11 is 0.550. The van der Waals surface area contributed by atoms with Crippen molar-refractivity contribution in [1.29, 1.82) is 0 Å². The zero-order valence-corrected chi connectivity index (χ0v) is 21.2. The quantitative estimate of drug-likeness (QED) is 0.222. The van der Waals surface area contributed by atoms with Crippen LogP contribution in [0, 0.1) is 0 Å². The molecule has 4 nitrogen and oxygen atoms in total. The fourth-order valence-corrected chi connectivity index (χ4v) is 4.99. The van der Waals surface area contributed by atoms with E-state index in [2.05, 4.69) is 0 Å². The van der Waals surface area contributed by atoms with Gasteiger partial charge < -0.3 is 14.4 Å². The highest BCUT2D eigenvalue weighted by molar-refractivity contribution is 7.99. The van der Waals surface area contributed by atoms with Gasteiger partial charge in [0.25, 0.3) is 0 Å². The van der Waals surface area contributed by atoms with Crippen molar-refractivity contribution in [2.75, 3.05) is 26.3 Å². The van der Waals surface area contributed by atoms with E-state index in [0.717, 1.165) is 29.8 Å². The monoisotopic (exact) mass is 567 g/mol. The third kappa shape index (κ3) is 7.57. The normalized spacial score (nSPS) is 14.6. The van der Waals surface area contributed by atoms with Crippen LogP contribution in [0.25, 0.3) is 6.08 Å². The van der Waals surface area contributed by atoms with Gasteiger partial charge in [0, 0.05) is 29.0 Å². The molecule has 0 atom stereocenters. The molecular weight excluding hydrogens is 544 g/mol. The molecule has 206 valence electrons. The van der Waals surface area contributed by atoms with Crippen LogP contribution in [0.15, 0.2) is 82.6 Å². The lowest BCUT2D eigenvalue weighted by Gasteiger charge is -2.25. The highest BCUT2D eigenvalue weighted by Crippen LogP contribution is 2.48. The SMILES string of the molecule is O=C(/C=C/c1ccc(Sc2cccc(OCc3ccccc3)c2)c(C(F)(F)F)c1C(F)(F)F)N1CCOCC1. The number of hydrogen-bond acceptors (Lipinski definition) is 4. The van der Waals surface area contributed by atoms with Gasteiger partial charge in [-0.2, -0.15) is 26.3 Å². The van der Waals surface area contributed by atoms with Crippen LogP contribution in [0.2, 0.25) is 0 Å². The van der Waals surface area contributed by atoms with Crippen LogP contribution in [0.5, 0.6) is 5.75 Å². The highest BCUT2D eigenvalue weighted by atomic mass is 32.2. The van der Waals surface area contributed by atoms with Crippen LogP contribution in [0.4, 0.5) is 26.3 Å². The fraction of sp³-hybridized carbons (Fsp3) is 0.250. The standard InChI is InChI=1S/C28H23F6NO3S/c29-27(30,31)25-20(10-12-24(36)35-13-15-37-16-14-35)9-11-23(26(25)28(32,33)34)39-22-8-4-7-21(17-22)38-18-19-5-2-1-3-6-19/h1-12,17H,13-16,18H2/b12-10+. The number of halogens is 6. The summed E-state index contributed by atoms with van der Waals surface area (Å²) in [6.45, 7) is 1.25. The lowest BCUT2D eigenvalue weighted by atomic mass is 9.99. The number of morpholine rings is 1. The Morgan fingerprint density at radius 1 is 0.897 bits per heavy atom. The zero-order valence-electron chi connectivity index (χ0n) is 20.4. The molecule has 39 heavy (non-hydrogen) atoms. The van der Waals surface area contributed by atoms with Crippen LogP contribution in [0.1, 0.15) is 22.3 Å². The molecule has 4 rings (SSSR count). The first-order valence-electron chi connectivity index (χ1n) is 11.8. The number of rotatable bonds is 7. The van der Waals surface area contributed by atoms with E-state index in [0.29, 0.717) is 17.5 Å². The average molecular weight is 568 g/mol. The Morgan fingerprint density at radius 2 is 1.59 bits per heavy atom. The van der Waals surface area contributed by atoms with Crippen LogP contribution in [-0.4, -0.2) is 37.1 Å². The van der Waals surface area contributed by atoms with E-state index >= 15 is 0 Å².